The van der Waals surface area contributed by atoms with Gasteiger partial charge in [0, 0.05) is 0 Å². The lowest BCUT2D eigenvalue weighted by Gasteiger charge is -2.41. The van der Waals surface area contributed by atoms with E-state index in [0.717, 1.165) is 25.2 Å². The molecule has 1 aliphatic rings. The molecular weight excluding hydrogens is 202 g/mol. The molecule has 0 aromatic rings. The predicted octanol–water partition coefficient (Wildman–Crippen LogP) is 3.56. The van der Waals surface area contributed by atoms with Gasteiger partial charge in [-0.05, 0) is 50.7 Å². The second-order valence-electron chi connectivity index (χ2n) is 6.02. The fourth-order valence-electron chi connectivity index (χ4n) is 2.37. The zero-order valence-electron chi connectivity index (χ0n) is 10.6. The summed E-state index contributed by atoms with van der Waals surface area (Å²) >= 11 is 0. The third kappa shape index (κ3) is 3.32. The molecule has 0 heterocycles. The third-order valence-electron chi connectivity index (χ3n) is 3.33. The summed E-state index contributed by atoms with van der Waals surface area (Å²) in [5.41, 5.74) is -0.476. The van der Waals surface area contributed by atoms with Gasteiger partial charge in [0.15, 0.2) is 8.32 Å². The topological polar surface area (TPSA) is 33.0 Å². The number of rotatable bonds is 2. The van der Waals surface area contributed by atoms with E-state index in [9.17, 15) is 5.26 Å². The Bertz CT molecular complexity index is 266. The lowest BCUT2D eigenvalue weighted by molar-refractivity contribution is 0.0353. The molecule has 0 saturated heterocycles. The van der Waals surface area contributed by atoms with Crippen LogP contribution < -0.4 is 0 Å². The smallest absolute Gasteiger partial charge is 0.185 e. The van der Waals surface area contributed by atoms with Crippen LogP contribution in [0.1, 0.15) is 33.1 Å². The van der Waals surface area contributed by atoms with Crippen molar-refractivity contribution in [2.75, 3.05) is 0 Å². The van der Waals surface area contributed by atoms with E-state index in [-0.39, 0.29) is 0 Å². The molecule has 1 aliphatic carbocycles. The van der Waals surface area contributed by atoms with Crippen LogP contribution >= 0.6 is 0 Å². The minimum Gasteiger partial charge on any atom is -0.400 e. The molecule has 1 fully saturated rings. The van der Waals surface area contributed by atoms with Crippen LogP contribution in [0.15, 0.2) is 0 Å². The normalized spacial score (nSPS) is 37.3. The van der Waals surface area contributed by atoms with Gasteiger partial charge in [0.25, 0.3) is 0 Å². The van der Waals surface area contributed by atoms with E-state index in [1.165, 1.54) is 0 Å². The molecule has 3 atom stereocenters. The summed E-state index contributed by atoms with van der Waals surface area (Å²) < 4.78 is 6.11. The van der Waals surface area contributed by atoms with Crippen molar-refractivity contribution in [1.82, 2.24) is 0 Å². The molecule has 0 bridgehead atoms. The molecule has 1 saturated carbocycles. The van der Waals surface area contributed by atoms with Gasteiger partial charge < -0.3 is 4.43 Å². The fourth-order valence-corrected chi connectivity index (χ4v) is 3.78. The summed E-state index contributed by atoms with van der Waals surface area (Å²) in [7, 11) is -1.61. The van der Waals surface area contributed by atoms with Crippen molar-refractivity contribution in [3.8, 4) is 6.07 Å². The van der Waals surface area contributed by atoms with Crippen LogP contribution in [0.5, 0.6) is 0 Å². The highest BCUT2D eigenvalue weighted by molar-refractivity contribution is 6.69. The van der Waals surface area contributed by atoms with Gasteiger partial charge in [-0.3, -0.25) is 0 Å². The lowest BCUT2D eigenvalue weighted by atomic mass is 9.74. The van der Waals surface area contributed by atoms with E-state index in [2.05, 4.69) is 39.6 Å². The quantitative estimate of drug-likeness (QED) is 0.673. The van der Waals surface area contributed by atoms with Crippen LogP contribution in [0, 0.1) is 23.2 Å². The molecule has 3 heteroatoms. The Balaban J connectivity index is 2.75. The van der Waals surface area contributed by atoms with Crippen molar-refractivity contribution in [2.24, 2.45) is 11.8 Å². The first-order valence-electron chi connectivity index (χ1n) is 5.89. The fraction of sp³-hybridized carbons (Fsp3) is 0.917. The summed E-state index contributed by atoms with van der Waals surface area (Å²) in [6, 6.07) is 2.44. The first-order chi connectivity index (χ1) is 6.78. The van der Waals surface area contributed by atoms with Crippen molar-refractivity contribution in [1.29, 1.82) is 5.26 Å². The maximum absolute atomic E-state index is 9.36. The van der Waals surface area contributed by atoms with Gasteiger partial charge in [-0.25, -0.2) is 0 Å². The Morgan fingerprint density at radius 1 is 1.27 bits per heavy atom. The van der Waals surface area contributed by atoms with E-state index in [1.807, 2.05) is 0 Å². The average molecular weight is 225 g/mol. The van der Waals surface area contributed by atoms with E-state index >= 15 is 0 Å². The molecule has 86 valence electrons. The molecule has 0 radical (unpaired) electrons. The highest BCUT2D eigenvalue weighted by atomic mass is 28.4. The predicted molar refractivity (Wildman–Crippen MR) is 65.0 cm³/mol. The molecule has 1 rings (SSSR count). The van der Waals surface area contributed by atoms with Crippen LogP contribution in [0.25, 0.3) is 0 Å². The standard InChI is InChI=1S/C12H23NOSi/c1-10-6-7-12(9-13,8-11(10)2)14-15(3,4)5/h10-11H,6-8H2,1-5H3. The molecule has 2 nitrogen and oxygen atoms in total. The van der Waals surface area contributed by atoms with Gasteiger partial charge in [-0.2, -0.15) is 5.26 Å². The van der Waals surface area contributed by atoms with Crippen molar-refractivity contribution in [3.05, 3.63) is 0 Å². The maximum Gasteiger partial charge on any atom is 0.185 e. The zero-order valence-corrected chi connectivity index (χ0v) is 11.6. The Labute approximate surface area is 94.8 Å². The molecule has 0 N–H and O–H groups in total. The molecule has 0 spiro atoms. The minimum absolute atomic E-state index is 0.476. The second-order valence-corrected chi connectivity index (χ2v) is 10.4. The molecule has 0 aromatic carbocycles. The number of hydrogen-bond acceptors (Lipinski definition) is 2. The van der Waals surface area contributed by atoms with E-state index in [0.29, 0.717) is 5.92 Å². The summed E-state index contributed by atoms with van der Waals surface area (Å²) in [6.45, 7) is 11.0. The van der Waals surface area contributed by atoms with Crippen molar-refractivity contribution >= 4 is 8.32 Å². The van der Waals surface area contributed by atoms with Gasteiger partial charge in [-0.15, -0.1) is 0 Å². The van der Waals surface area contributed by atoms with Crippen LogP contribution in [-0.2, 0) is 4.43 Å². The molecule has 15 heavy (non-hydrogen) atoms. The van der Waals surface area contributed by atoms with E-state index in [4.69, 9.17) is 4.43 Å². The van der Waals surface area contributed by atoms with E-state index in [1.54, 1.807) is 0 Å². The summed E-state index contributed by atoms with van der Waals surface area (Å²) in [5.74, 6) is 1.34. The molecule has 0 amide bonds. The van der Waals surface area contributed by atoms with Crippen molar-refractivity contribution in [2.45, 2.75) is 58.4 Å². The Morgan fingerprint density at radius 3 is 2.27 bits per heavy atom. The SMILES string of the molecule is CC1CCC(C#N)(O[Si](C)(C)C)CC1C. The molecule has 3 unspecified atom stereocenters. The van der Waals surface area contributed by atoms with Crippen LogP contribution in [0.2, 0.25) is 19.6 Å². The summed E-state index contributed by atoms with van der Waals surface area (Å²) in [4.78, 5) is 0. The summed E-state index contributed by atoms with van der Waals surface area (Å²) in [6.07, 6.45) is 2.95. The van der Waals surface area contributed by atoms with Gasteiger partial charge in [0.1, 0.15) is 5.60 Å². The number of nitriles is 1. The second kappa shape index (κ2) is 4.27. The van der Waals surface area contributed by atoms with Crippen LogP contribution in [-0.4, -0.2) is 13.9 Å². The van der Waals surface area contributed by atoms with Crippen molar-refractivity contribution in [3.63, 3.8) is 0 Å². The molecule has 0 aliphatic heterocycles. The Kier molecular flexibility index (Phi) is 3.62. The Hall–Kier alpha value is -0.333. The largest absolute Gasteiger partial charge is 0.400 e. The van der Waals surface area contributed by atoms with Crippen LogP contribution in [0.4, 0.5) is 0 Å². The number of nitrogens with zero attached hydrogens (tertiary/aromatic N) is 1. The van der Waals surface area contributed by atoms with Gasteiger partial charge in [-0.1, -0.05) is 13.8 Å². The molecule has 0 aromatic heterocycles. The first kappa shape index (κ1) is 12.7. The van der Waals surface area contributed by atoms with Crippen molar-refractivity contribution < 1.29 is 4.43 Å². The molecular formula is C12H23NOSi. The van der Waals surface area contributed by atoms with Gasteiger partial charge in [0.2, 0.25) is 0 Å². The average Bonchev–Trinajstić information content (AvgIpc) is 2.09. The maximum atomic E-state index is 9.36. The highest BCUT2D eigenvalue weighted by Crippen LogP contribution is 2.39. The zero-order chi connectivity index (χ0) is 11.7. The lowest BCUT2D eigenvalue weighted by Crippen LogP contribution is -2.46. The van der Waals surface area contributed by atoms with E-state index < -0.39 is 13.9 Å². The van der Waals surface area contributed by atoms with Crippen LogP contribution in [0.3, 0.4) is 0 Å². The number of hydrogen-bond donors (Lipinski definition) is 0. The summed E-state index contributed by atoms with van der Waals surface area (Å²) in [5, 5.41) is 9.36. The highest BCUT2D eigenvalue weighted by Gasteiger charge is 2.41. The minimum atomic E-state index is -1.61. The monoisotopic (exact) mass is 225 g/mol. The van der Waals surface area contributed by atoms with Gasteiger partial charge >= 0.3 is 0 Å². The first-order valence-corrected chi connectivity index (χ1v) is 9.30. The van der Waals surface area contributed by atoms with Gasteiger partial charge in [0.05, 0.1) is 6.07 Å². The Morgan fingerprint density at radius 2 is 1.87 bits per heavy atom. The third-order valence-corrected chi connectivity index (χ3v) is 4.34.